The number of hydrogen-bond donors (Lipinski definition) is 3. The third kappa shape index (κ3) is 9.02. The lowest BCUT2D eigenvalue weighted by molar-refractivity contribution is 0.0957. The second-order valence-electron chi connectivity index (χ2n) is 6.13. The maximum Gasteiger partial charge on any atom is 0.261 e. The van der Waals surface area contributed by atoms with Crippen LogP contribution in [0.1, 0.15) is 55.1 Å². The van der Waals surface area contributed by atoms with Gasteiger partial charge in [-0.15, -0.1) is 35.3 Å². The highest BCUT2D eigenvalue weighted by Gasteiger charge is 2.05. The first kappa shape index (κ1) is 23.0. The van der Waals surface area contributed by atoms with Crippen molar-refractivity contribution >= 4 is 47.2 Å². The third-order valence-electron chi connectivity index (χ3n) is 4.10. The van der Waals surface area contributed by atoms with E-state index < -0.39 is 0 Å². The van der Waals surface area contributed by atoms with E-state index in [1.54, 1.807) is 5.57 Å². The highest BCUT2D eigenvalue weighted by molar-refractivity contribution is 14.0. The van der Waals surface area contributed by atoms with Gasteiger partial charge in [-0.1, -0.05) is 17.7 Å². The van der Waals surface area contributed by atoms with Gasteiger partial charge in [0.05, 0.1) is 4.88 Å². The van der Waals surface area contributed by atoms with Gasteiger partial charge in [0.2, 0.25) is 0 Å². The number of thiophene rings is 1. The van der Waals surface area contributed by atoms with Gasteiger partial charge >= 0.3 is 0 Å². The molecule has 3 N–H and O–H groups in total. The third-order valence-corrected chi connectivity index (χ3v) is 4.97. The lowest BCUT2D eigenvalue weighted by Gasteiger charge is -2.15. The molecule has 2 rings (SSSR count). The zero-order valence-corrected chi connectivity index (χ0v) is 18.7. The highest BCUT2D eigenvalue weighted by atomic mass is 127. The number of guanidine groups is 1. The number of allylic oxidation sites excluding steroid dienone is 1. The first-order valence-corrected chi connectivity index (χ1v) is 10.2. The van der Waals surface area contributed by atoms with Crippen LogP contribution in [0.4, 0.5) is 0 Å². The van der Waals surface area contributed by atoms with E-state index in [2.05, 4.69) is 33.9 Å². The van der Waals surface area contributed by atoms with Gasteiger partial charge in [0.25, 0.3) is 5.91 Å². The van der Waals surface area contributed by atoms with Crippen molar-refractivity contribution in [1.29, 1.82) is 0 Å². The number of halogens is 1. The van der Waals surface area contributed by atoms with Crippen LogP contribution < -0.4 is 16.0 Å². The molecule has 0 atom stereocenters. The monoisotopic (exact) mass is 490 g/mol. The molecule has 146 valence electrons. The average molecular weight is 490 g/mol. The molecule has 0 unspecified atom stereocenters. The van der Waals surface area contributed by atoms with Gasteiger partial charge in [0, 0.05) is 26.2 Å². The minimum absolute atomic E-state index is 0. The summed E-state index contributed by atoms with van der Waals surface area (Å²) in [7, 11) is 0. The molecule has 1 amide bonds. The molecule has 1 aromatic rings. The Morgan fingerprint density at radius 1 is 1.23 bits per heavy atom. The van der Waals surface area contributed by atoms with Crippen LogP contribution in [0.2, 0.25) is 0 Å². The summed E-state index contributed by atoms with van der Waals surface area (Å²) < 4.78 is 0. The Morgan fingerprint density at radius 3 is 2.81 bits per heavy atom. The van der Waals surface area contributed by atoms with Gasteiger partial charge in [-0.25, -0.2) is 0 Å². The molecule has 1 heterocycles. The van der Waals surface area contributed by atoms with Crippen LogP contribution in [0, 0.1) is 0 Å². The summed E-state index contributed by atoms with van der Waals surface area (Å²) in [5.41, 5.74) is 1.57. The molecule has 26 heavy (non-hydrogen) atoms. The topological polar surface area (TPSA) is 65.5 Å². The molecular formula is C19H31IN4OS. The number of nitrogens with zero attached hydrogens (tertiary/aromatic N) is 1. The van der Waals surface area contributed by atoms with E-state index in [4.69, 9.17) is 0 Å². The number of hydrogen-bond acceptors (Lipinski definition) is 3. The summed E-state index contributed by atoms with van der Waals surface area (Å²) in [4.78, 5) is 17.2. The molecule has 0 bridgehead atoms. The van der Waals surface area contributed by atoms with E-state index in [1.807, 2.05) is 17.5 Å². The number of carbonyl (C=O) groups excluding carboxylic acids is 1. The first-order chi connectivity index (χ1) is 12.3. The Kier molecular flexibility index (Phi) is 12.4. The molecule has 0 radical (unpaired) electrons. The van der Waals surface area contributed by atoms with E-state index in [0.717, 1.165) is 36.8 Å². The number of aliphatic imine (C=N–C) groups is 1. The quantitative estimate of drug-likeness (QED) is 0.162. The summed E-state index contributed by atoms with van der Waals surface area (Å²) in [6, 6.07) is 3.73. The molecule has 0 aliphatic heterocycles. The van der Waals surface area contributed by atoms with E-state index in [-0.39, 0.29) is 29.9 Å². The predicted octanol–water partition coefficient (Wildman–Crippen LogP) is 3.93. The zero-order valence-electron chi connectivity index (χ0n) is 15.6. The van der Waals surface area contributed by atoms with Gasteiger partial charge in [-0.05, 0) is 56.9 Å². The van der Waals surface area contributed by atoms with Crippen molar-refractivity contribution in [2.75, 3.05) is 26.2 Å². The maximum atomic E-state index is 11.8. The van der Waals surface area contributed by atoms with E-state index >= 15 is 0 Å². The Morgan fingerprint density at radius 2 is 2.12 bits per heavy atom. The van der Waals surface area contributed by atoms with E-state index in [9.17, 15) is 4.79 Å². The first-order valence-electron chi connectivity index (χ1n) is 9.31. The maximum absolute atomic E-state index is 11.8. The Labute approximate surface area is 178 Å². The molecule has 7 heteroatoms. The Hall–Kier alpha value is -1.09. The molecule has 1 aromatic heterocycles. The van der Waals surface area contributed by atoms with E-state index in [0.29, 0.717) is 13.1 Å². The summed E-state index contributed by atoms with van der Waals surface area (Å²) >= 11 is 1.46. The SMILES string of the molecule is CCNC(=NCCCNC(=O)c1cccs1)NCCC1=CCCCC1.I. The lowest BCUT2D eigenvalue weighted by Crippen LogP contribution is -2.38. The van der Waals surface area contributed by atoms with Crippen LogP contribution in [-0.2, 0) is 0 Å². The fraction of sp³-hybridized carbons (Fsp3) is 0.579. The van der Waals surface area contributed by atoms with Crippen LogP contribution in [0.25, 0.3) is 0 Å². The molecule has 0 saturated carbocycles. The normalized spacial score (nSPS) is 14.2. The minimum Gasteiger partial charge on any atom is -0.357 e. The van der Waals surface area contributed by atoms with Crippen molar-refractivity contribution in [3.63, 3.8) is 0 Å². The van der Waals surface area contributed by atoms with Crippen molar-refractivity contribution in [3.05, 3.63) is 34.0 Å². The molecule has 1 aliphatic carbocycles. The van der Waals surface area contributed by atoms with Crippen molar-refractivity contribution in [2.45, 2.75) is 45.4 Å². The molecule has 0 saturated heterocycles. The van der Waals surface area contributed by atoms with Crippen LogP contribution in [0.3, 0.4) is 0 Å². The molecule has 5 nitrogen and oxygen atoms in total. The van der Waals surface area contributed by atoms with Crippen LogP contribution in [0.5, 0.6) is 0 Å². The molecular weight excluding hydrogens is 459 g/mol. The Bertz CT molecular complexity index is 572. The van der Waals surface area contributed by atoms with Crippen molar-refractivity contribution < 1.29 is 4.79 Å². The Balaban J connectivity index is 0.00000338. The van der Waals surface area contributed by atoms with Crippen molar-refractivity contribution in [1.82, 2.24) is 16.0 Å². The smallest absolute Gasteiger partial charge is 0.261 e. The van der Waals surface area contributed by atoms with Gasteiger partial charge in [0.15, 0.2) is 5.96 Å². The second-order valence-corrected chi connectivity index (χ2v) is 7.08. The van der Waals surface area contributed by atoms with Gasteiger partial charge in [0.1, 0.15) is 0 Å². The zero-order chi connectivity index (χ0) is 17.7. The van der Waals surface area contributed by atoms with E-state index in [1.165, 1.54) is 37.0 Å². The fourth-order valence-corrected chi connectivity index (χ4v) is 3.42. The standard InChI is InChI=1S/C19H30N4OS.HI/c1-2-20-19(23-14-11-16-8-4-3-5-9-16)22-13-7-12-21-18(24)17-10-6-15-25-17;/h6,8,10,15H,2-5,7,9,11-14H2,1H3,(H,21,24)(H2,20,22,23);1H. The highest BCUT2D eigenvalue weighted by Crippen LogP contribution is 2.19. The average Bonchev–Trinajstić information content (AvgIpc) is 3.17. The van der Waals surface area contributed by atoms with Gasteiger partial charge < -0.3 is 16.0 Å². The minimum atomic E-state index is 0. The van der Waals surface area contributed by atoms with Gasteiger partial charge in [-0.3, -0.25) is 9.79 Å². The number of amides is 1. The molecule has 1 aliphatic rings. The van der Waals surface area contributed by atoms with Crippen LogP contribution in [0.15, 0.2) is 34.2 Å². The fourth-order valence-electron chi connectivity index (χ4n) is 2.78. The number of carbonyl (C=O) groups is 1. The largest absolute Gasteiger partial charge is 0.357 e. The number of rotatable bonds is 9. The second kappa shape index (κ2) is 14.0. The summed E-state index contributed by atoms with van der Waals surface area (Å²) in [5.74, 6) is 0.869. The summed E-state index contributed by atoms with van der Waals surface area (Å²) in [6.45, 7) is 5.19. The van der Waals surface area contributed by atoms with Gasteiger partial charge in [-0.2, -0.15) is 0 Å². The molecule has 0 fully saturated rings. The molecule has 0 aromatic carbocycles. The van der Waals surface area contributed by atoms with Crippen LogP contribution >= 0.6 is 35.3 Å². The summed E-state index contributed by atoms with van der Waals surface area (Å²) in [5, 5.41) is 11.5. The summed E-state index contributed by atoms with van der Waals surface area (Å²) in [6.07, 6.45) is 9.48. The molecule has 0 spiro atoms. The van der Waals surface area contributed by atoms with Crippen LogP contribution in [-0.4, -0.2) is 38.0 Å². The number of nitrogens with one attached hydrogen (secondary N) is 3. The predicted molar refractivity (Wildman–Crippen MR) is 122 cm³/mol. The lowest BCUT2D eigenvalue weighted by atomic mass is 9.97. The van der Waals surface area contributed by atoms with Crippen molar-refractivity contribution in [3.8, 4) is 0 Å². The van der Waals surface area contributed by atoms with Crippen molar-refractivity contribution in [2.24, 2.45) is 4.99 Å².